The first kappa shape index (κ1) is 14.0. The maximum absolute atomic E-state index is 5.77. The molecular formula is C13H15BrN4S. The number of thiocarbonyl (C=S) groups is 1. The van der Waals surface area contributed by atoms with Gasteiger partial charge in [-0.25, -0.2) is 4.98 Å². The van der Waals surface area contributed by atoms with Crippen LogP contribution in [-0.4, -0.2) is 20.6 Å². The van der Waals surface area contributed by atoms with Crippen molar-refractivity contribution >= 4 is 38.8 Å². The molecule has 0 bridgehead atoms. The van der Waals surface area contributed by atoms with Crippen molar-refractivity contribution in [2.75, 3.05) is 5.32 Å². The minimum Gasteiger partial charge on any atom is -0.389 e. The van der Waals surface area contributed by atoms with Crippen molar-refractivity contribution in [1.29, 1.82) is 0 Å². The molecule has 19 heavy (non-hydrogen) atoms. The van der Waals surface area contributed by atoms with Crippen LogP contribution in [-0.2, 0) is 6.54 Å². The van der Waals surface area contributed by atoms with E-state index >= 15 is 0 Å². The maximum Gasteiger partial charge on any atom is 0.107 e. The highest BCUT2D eigenvalue weighted by atomic mass is 79.9. The Kier molecular flexibility index (Phi) is 4.55. The third kappa shape index (κ3) is 3.54. The Morgan fingerprint density at radius 3 is 3.00 bits per heavy atom. The Labute approximate surface area is 126 Å². The first-order chi connectivity index (χ1) is 9.08. The molecule has 0 spiro atoms. The summed E-state index contributed by atoms with van der Waals surface area (Å²) >= 11 is 8.57. The minimum atomic E-state index is 0.233. The van der Waals surface area contributed by atoms with E-state index in [4.69, 9.17) is 18.0 Å². The van der Waals surface area contributed by atoms with E-state index in [1.165, 1.54) is 0 Å². The van der Waals surface area contributed by atoms with Gasteiger partial charge in [0.2, 0.25) is 0 Å². The van der Waals surface area contributed by atoms with Gasteiger partial charge in [0.15, 0.2) is 0 Å². The van der Waals surface area contributed by atoms with Crippen LogP contribution in [0.15, 0.2) is 41.4 Å². The number of halogens is 1. The quantitative estimate of drug-likeness (QED) is 0.823. The van der Waals surface area contributed by atoms with Gasteiger partial charge in [0, 0.05) is 40.7 Å². The van der Waals surface area contributed by atoms with E-state index < -0.39 is 0 Å². The second-order valence-electron chi connectivity index (χ2n) is 4.33. The fourth-order valence-corrected chi connectivity index (χ4v) is 2.85. The fourth-order valence-electron chi connectivity index (χ4n) is 1.92. The van der Waals surface area contributed by atoms with Crippen LogP contribution in [0.25, 0.3) is 0 Å². The van der Waals surface area contributed by atoms with Gasteiger partial charge < -0.3 is 15.6 Å². The topological polar surface area (TPSA) is 55.9 Å². The molecule has 1 atom stereocenters. The van der Waals surface area contributed by atoms with E-state index in [0.29, 0.717) is 4.99 Å². The second kappa shape index (κ2) is 6.16. The molecule has 0 aliphatic heterocycles. The lowest BCUT2D eigenvalue weighted by Crippen LogP contribution is -2.23. The highest BCUT2D eigenvalue weighted by Gasteiger charge is 2.11. The van der Waals surface area contributed by atoms with Gasteiger partial charge in [0.05, 0.1) is 6.33 Å². The van der Waals surface area contributed by atoms with Gasteiger partial charge in [-0.3, -0.25) is 0 Å². The summed E-state index contributed by atoms with van der Waals surface area (Å²) in [6, 6.07) is 6.10. The summed E-state index contributed by atoms with van der Waals surface area (Å²) in [4.78, 5) is 4.41. The molecule has 0 radical (unpaired) electrons. The summed E-state index contributed by atoms with van der Waals surface area (Å²) in [5.74, 6) is 0. The molecule has 0 saturated heterocycles. The van der Waals surface area contributed by atoms with Gasteiger partial charge in [0.25, 0.3) is 0 Å². The van der Waals surface area contributed by atoms with Gasteiger partial charge in [-0.2, -0.15) is 0 Å². The van der Waals surface area contributed by atoms with Gasteiger partial charge >= 0.3 is 0 Å². The second-order valence-corrected chi connectivity index (χ2v) is 5.63. The molecule has 4 nitrogen and oxygen atoms in total. The molecule has 0 fully saturated rings. The van der Waals surface area contributed by atoms with E-state index in [9.17, 15) is 0 Å². The van der Waals surface area contributed by atoms with Crippen LogP contribution in [0, 0.1) is 0 Å². The van der Waals surface area contributed by atoms with Crippen LogP contribution in [0.2, 0.25) is 0 Å². The lowest BCUT2D eigenvalue weighted by molar-refractivity contribution is 0.619. The maximum atomic E-state index is 5.77. The van der Waals surface area contributed by atoms with Crippen molar-refractivity contribution in [2.45, 2.75) is 19.5 Å². The molecule has 6 heteroatoms. The molecule has 2 aromatic rings. The number of imidazole rings is 1. The lowest BCUT2D eigenvalue weighted by atomic mass is 10.1. The summed E-state index contributed by atoms with van der Waals surface area (Å²) in [6.07, 6.45) is 5.51. The minimum absolute atomic E-state index is 0.233. The molecular weight excluding hydrogens is 324 g/mol. The van der Waals surface area contributed by atoms with Crippen LogP contribution in [0.1, 0.15) is 12.5 Å². The van der Waals surface area contributed by atoms with Crippen molar-refractivity contribution in [3.05, 3.63) is 47.0 Å². The molecule has 0 saturated carbocycles. The third-order valence-electron chi connectivity index (χ3n) is 2.71. The highest BCUT2D eigenvalue weighted by molar-refractivity contribution is 9.10. The normalized spacial score (nSPS) is 12.1. The summed E-state index contributed by atoms with van der Waals surface area (Å²) in [5.41, 5.74) is 7.56. The van der Waals surface area contributed by atoms with E-state index in [0.717, 1.165) is 22.3 Å². The number of nitrogens with two attached hydrogens (primary N) is 1. The monoisotopic (exact) mass is 338 g/mol. The van der Waals surface area contributed by atoms with Gasteiger partial charge in [-0.05, 0) is 35.0 Å². The predicted octanol–water partition coefficient (Wildman–Crippen LogP) is 2.78. The smallest absolute Gasteiger partial charge is 0.107 e. The number of nitrogens with zero attached hydrogens (tertiary/aromatic N) is 2. The van der Waals surface area contributed by atoms with E-state index in [-0.39, 0.29) is 6.04 Å². The number of hydrogen-bond acceptors (Lipinski definition) is 3. The number of rotatable bonds is 5. The molecule has 0 aliphatic rings. The Bertz CT molecular complexity index is 568. The summed E-state index contributed by atoms with van der Waals surface area (Å²) < 4.78 is 2.93. The molecule has 1 aromatic heterocycles. The highest BCUT2D eigenvalue weighted by Crippen LogP contribution is 2.25. The summed E-state index contributed by atoms with van der Waals surface area (Å²) in [7, 11) is 0. The Morgan fingerprint density at radius 2 is 2.37 bits per heavy atom. The van der Waals surface area contributed by atoms with Crippen molar-refractivity contribution in [2.24, 2.45) is 5.73 Å². The Hall–Kier alpha value is -1.40. The Balaban J connectivity index is 2.14. The van der Waals surface area contributed by atoms with Gasteiger partial charge in [0.1, 0.15) is 4.99 Å². The van der Waals surface area contributed by atoms with Crippen LogP contribution < -0.4 is 11.1 Å². The molecule has 1 heterocycles. The molecule has 0 amide bonds. The van der Waals surface area contributed by atoms with E-state index in [1.54, 1.807) is 12.5 Å². The predicted molar refractivity (Wildman–Crippen MR) is 85.3 cm³/mol. The van der Waals surface area contributed by atoms with Crippen molar-refractivity contribution in [3.63, 3.8) is 0 Å². The van der Waals surface area contributed by atoms with Gasteiger partial charge in [-0.15, -0.1) is 0 Å². The van der Waals surface area contributed by atoms with Crippen LogP contribution in [0.5, 0.6) is 0 Å². The van der Waals surface area contributed by atoms with Crippen LogP contribution >= 0.6 is 28.1 Å². The number of anilines is 1. The fraction of sp³-hybridized carbons (Fsp3) is 0.231. The number of aromatic nitrogens is 2. The van der Waals surface area contributed by atoms with Gasteiger partial charge in [-0.1, -0.05) is 18.3 Å². The molecule has 100 valence electrons. The first-order valence-electron chi connectivity index (χ1n) is 5.88. The largest absolute Gasteiger partial charge is 0.389 e. The Morgan fingerprint density at radius 1 is 1.58 bits per heavy atom. The van der Waals surface area contributed by atoms with Crippen LogP contribution in [0.4, 0.5) is 5.69 Å². The zero-order chi connectivity index (χ0) is 13.8. The molecule has 2 rings (SSSR count). The molecule has 0 aliphatic carbocycles. The molecule has 3 N–H and O–H groups in total. The number of nitrogens with one attached hydrogen (secondary N) is 1. The molecule has 1 aromatic carbocycles. The number of hydrogen-bond donors (Lipinski definition) is 2. The standard InChI is InChI=1S/C13H15BrN4S/c1-9(7-18-6-5-16-8-18)17-11-4-2-3-10(14)12(11)13(15)19/h2-6,8-9,17H,7H2,1H3,(H2,15,19). The van der Waals surface area contributed by atoms with Crippen molar-refractivity contribution < 1.29 is 0 Å². The van der Waals surface area contributed by atoms with Crippen molar-refractivity contribution in [3.8, 4) is 0 Å². The summed E-state index contributed by atoms with van der Waals surface area (Å²) in [6.45, 7) is 2.92. The van der Waals surface area contributed by atoms with E-state index in [2.05, 4.69) is 33.2 Å². The lowest BCUT2D eigenvalue weighted by Gasteiger charge is -2.19. The SMILES string of the molecule is CC(Cn1ccnc1)Nc1cccc(Br)c1C(N)=S. The first-order valence-corrected chi connectivity index (χ1v) is 7.08. The van der Waals surface area contributed by atoms with Crippen LogP contribution in [0.3, 0.4) is 0 Å². The van der Waals surface area contributed by atoms with E-state index in [1.807, 2.05) is 29.0 Å². The zero-order valence-corrected chi connectivity index (χ0v) is 12.9. The molecule has 1 unspecified atom stereocenters. The average molecular weight is 339 g/mol. The zero-order valence-electron chi connectivity index (χ0n) is 10.5. The average Bonchev–Trinajstić information content (AvgIpc) is 2.81. The number of benzene rings is 1. The van der Waals surface area contributed by atoms with Crippen molar-refractivity contribution in [1.82, 2.24) is 9.55 Å². The summed E-state index contributed by atoms with van der Waals surface area (Å²) in [5, 5.41) is 3.42. The third-order valence-corrected chi connectivity index (χ3v) is 3.57.